The van der Waals surface area contributed by atoms with E-state index in [9.17, 15) is 0 Å². The summed E-state index contributed by atoms with van der Waals surface area (Å²) in [5, 5.41) is 7.26. The molecule has 0 amide bonds. The first-order valence-corrected chi connectivity index (χ1v) is 3.83. The Labute approximate surface area is 68.0 Å². The van der Waals surface area contributed by atoms with Crippen LogP contribution in [0.15, 0.2) is 11.3 Å². The zero-order valence-corrected chi connectivity index (χ0v) is 7.44. The van der Waals surface area contributed by atoms with Crippen molar-refractivity contribution < 1.29 is 0 Å². The summed E-state index contributed by atoms with van der Waals surface area (Å²) in [5.41, 5.74) is 12.6. The van der Waals surface area contributed by atoms with Gasteiger partial charge in [-0.25, -0.2) is 0 Å². The van der Waals surface area contributed by atoms with Crippen molar-refractivity contribution in [2.45, 2.75) is 27.2 Å². The molecule has 0 aliphatic rings. The molecule has 0 rings (SSSR count). The van der Waals surface area contributed by atoms with Gasteiger partial charge in [0.2, 0.25) is 0 Å². The van der Waals surface area contributed by atoms with Crippen LogP contribution in [0.2, 0.25) is 0 Å². The summed E-state index contributed by atoms with van der Waals surface area (Å²) in [4.78, 5) is 0. The fraction of sp³-hybridized carbons (Fsp3) is 0.625. The second kappa shape index (κ2) is 4.01. The van der Waals surface area contributed by atoms with E-state index >= 15 is 0 Å². The minimum Gasteiger partial charge on any atom is -0.402 e. The Morgan fingerprint density at radius 1 is 1.36 bits per heavy atom. The molecular formula is C8H17N3. The molecule has 0 heterocycles. The third-order valence-corrected chi connectivity index (χ3v) is 1.59. The van der Waals surface area contributed by atoms with E-state index in [1.54, 1.807) is 0 Å². The zero-order chi connectivity index (χ0) is 9.02. The van der Waals surface area contributed by atoms with Crippen LogP contribution in [0.3, 0.4) is 0 Å². The van der Waals surface area contributed by atoms with Crippen LogP contribution in [0.5, 0.6) is 0 Å². The highest BCUT2D eigenvalue weighted by Gasteiger charge is 2.09. The Hall–Kier alpha value is -0.990. The van der Waals surface area contributed by atoms with E-state index in [2.05, 4.69) is 0 Å². The fourth-order valence-corrected chi connectivity index (χ4v) is 1.05. The monoisotopic (exact) mass is 155 g/mol. The molecule has 5 N–H and O–H groups in total. The Bertz CT molecular complexity index is 180. The van der Waals surface area contributed by atoms with Gasteiger partial charge in [-0.3, -0.25) is 5.41 Å². The molecule has 0 aliphatic heterocycles. The maximum Gasteiger partial charge on any atom is 0.120 e. The number of hydrogen-bond acceptors (Lipinski definition) is 2. The molecule has 0 aromatic heterocycles. The van der Waals surface area contributed by atoms with Gasteiger partial charge >= 0.3 is 0 Å². The molecule has 3 heteroatoms. The van der Waals surface area contributed by atoms with Crippen molar-refractivity contribution in [3.63, 3.8) is 0 Å². The van der Waals surface area contributed by atoms with Gasteiger partial charge in [-0.05, 0) is 12.3 Å². The smallest absolute Gasteiger partial charge is 0.120 e. The highest BCUT2D eigenvalue weighted by atomic mass is 14.7. The highest BCUT2D eigenvalue weighted by Crippen LogP contribution is 2.13. The van der Waals surface area contributed by atoms with Gasteiger partial charge in [0.1, 0.15) is 5.84 Å². The van der Waals surface area contributed by atoms with Crippen molar-refractivity contribution in [3.8, 4) is 0 Å². The van der Waals surface area contributed by atoms with Crippen molar-refractivity contribution >= 4 is 5.84 Å². The van der Waals surface area contributed by atoms with Crippen molar-refractivity contribution in [2.24, 2.45) is 17.4 Å². The van der Waals surface area contributed by atoms with Gasteiger partial charge in [-0.2, -0.15) is 0 Å². The second-order valence-electron chi connectivity index (χ2n) is 2.86. The molecule has 0 bridgehead atoms. The first kappa shape index (κ1) is 10.0. The van der Waals surface area contributed by atoms with Crippen LogP contribution in [0.4, 0.5) is 0 Å². The maximum atomic E-state index is 7.26. The summed E-state index contributed by atoms with van der Waals surface area (Å²) < 4.78 is 0. The number of allylic oxidation sites excluding steroid dienone is 1. The van der Waals surface area contributed by atoms with Gasteiger partial charge in [0.05, 0.1) is 0 Å². The van der Waals surface area contributed by atoms with E-state index in [1.165, 1.54) is 0 Å². The number of hydrogen-bond donors (Lipinski definition) is 3. The van der Waals surface area contributed by atoms with Crippen LogP contribution in [-0.4, -0.2) is 5.84 Å². The van der Waals surface area contributed by atoms with E-state index in [-0.39, 0.29) is 11.8 Å². The Balaban J connectivity index is 4.73. The molecule has 0 saturated heterocycles. The molecule has 11 heavy (non-hydrogen) atoms. The molecule has 0 saturated carbocycles. The summed E-state index contributed by atoms with van der Waals surface area (Å²) in [7, 11) is 0. The van der Waals surface area contributed by atoms with Crippen molar-refractivity contribution in [3.05, 3.63) is 11.3 Å². The average Bonchev–Trinajstić information content (AvgIpc) is 1.85. The predicted octanol–water partition coefficient (Wildman–Crippen LogP) is 1.20. The fourth-order valence-electron chi connectivity index (χ4n) is 1.05. The van der Waals surface area contributed by atoms with Gasteiger partial charge in [-0.15, -0.1) is 0 Å². The van der Waals surface area contributed by atoms with Crippen molar-refractivity contribution in [1.29, 1.82) is 5.41 Å². The minimum absolute atomic E-state index is 0.0966. The summed E-state index contributed by atoms with van der Waals surface area (Å²) >= 11 is 0. The summed E-state index contributed by atoms with van der Waals surface area (Å²) in [6.45, 7) is 5.93. The second-order valence-corrected chi connectivity index (χ2v) is 2.86. The zero-order valence-electron chi connectivity index (χ0n) is 7.44. The maximum absolute atomic E-state index is 7.26. The average molecular weight is 155 g/mol. The van der Waals surface area contributed by atoms with Crippen LogP contribution < -0.4 is 11.5 Å². The molecule has 0 aromatic rings. The number of amidine groups is 1. The van der Waals surface area contributed by atoms with Crippen LogP contribution in [0.1, 0.15) is 27.2 Å². The van der Waals surface area contributed by atoms with Crippen molar-refractivity contribution in [2.75, 3.05) is 0 Å². The highest BCUT2D eigenvalue weighted by molar-refractivity contribution is 5.95. The lowest BCUT2D eigenvalue weighted by Gasteiger charge is -2.12. The van der Waals surface area contributed by atoms with E-state index in [0.29, 0.717) is 0 Å². The summed E-state index contributed by atoms with van der Waals surface area (Å²) in [5.74, 6) is 0.340. The molecule has 0 radical (unpaired) electrons. The molecule has 0 atom stereocenters. The number of nitrogens with two attached hydrogens (primary N) is 2. The van der Waals surface area contributed by atoms with Crippen LogP contribution in [0.25, 0.3) is 0 Å². The molecule has 0 fully saturated rings. The van der Waals surface area contributed by atoms with Gasteiger partial charge in [0, 0.05) is 11.3 Å². The van der Waals surface area contributed by atoms with E-state index in [0.717, 1.165) is 17.7 Å². The number of nitrogens with one attached hydrogen (secondary N) is 1. The van der Waals surface area contributed by atoms with E-state index in [4.69, 9.17) is 16.9 Å². The summed E-state index contributed by atoms with van der Waals surface area (Å²) in [6.07, 6.45) is 0.757. The Morgan fingerprint density at radius 2 is 1.82 bits per heavy atom. The molecule has 0 aromatic carbocycles. The molecule has 0 unspecified atom stereocenters. The lowest BCUT2D eigenvalue weighted by molar-refractivity contribution is 0.776. The van der Waals surface area contributed by atoms with Crippen LogP contribution >= 0.6 is 0 Å². The lowest BCUT2D eigenvalue weighted by atomic mass is 9.99. The number of rotatable bonds is 3. The van der Waals surface area contributed by atoms with Gasteiger partial charge in [0.15, 0.2) is 0 Å². The Morgan fingerprint density at radius 3 is 1.91 bits per heavy atom. The quantitative estimate of drug-likeness (QED) is 0.423. The van der Waals surface area contributed by atoms with Gasteiger partial charge < -0.3 is 11.5 Å². The first-order valence-electron chi connectivity index (χ1n) is 3.83. The third kappa shape index (κ3) is 2.62. The molecule has 3 nitrogen and oxygen atoms in total. The largest absolute Gasteiger partial charge is 0.402 e. The minimum atomic E-state index is 0.0966. The first-order chi connectivity index (χ1) is 5.00. The molecule has 0 aliphatic carbocycles. The third-order valence-electron chi connectivity index (χ3n) is 1.59. The normalized spacial score (nSPS) is 13.1. The van der Waals surface area contributed by atoms with Crippen LogP contribution in [0, 0.1) is 11.3 Å². The Kier molecular flexibility index (Phi) is 3.65. The SMILES string of the molecule is CC/C(N)=C(/C(=N)N)C(C)C. The van der Waals surface area contributed by atoms with Crippen molar-refractivity contribution in [1.82, 2.24) is 0 Å². The topological polar surface area (TPSA) is 75.9 Å². The molecule has 64 valence electrons. The van der Waals surface area contributed by atoms with Gasteiger partial charge in [0.25, 0.3) is 0 Å². The summed E-state index contributed by atoms with van der Waals surface area (Å²) in [6, 6.07) is 0. The van der Waals surface area contributed by atoms with E-state index in [1.807, 2.05) is 20.8 Å². The van der Waals surface area contributed by atoms with E-state index < -0.39 is 0 Å². The predicted molar refractivity (Wildman–Crippen MR) is 48.3 cm³/mol. The van der Waals surface area contributed by atoms with Crippen LogP contribution in [-0.2, 0) is 0 Å². The molecule has 0 spiro atoms. The standard InChI is InChI=1S/C8H17N3/c1-4-6(9)7(5(2)3)8(10)11/h5H,4,9H2,1-3H3,(H3,10,11)/b7-6-. The molecular weight excluding hydrogens is 138 g/mol. The van der Waals surface area contributed by atoms with Gasteiger partial charge in [-0.1, -0.05) is 20.8 Å². The lowest BCUT2D eigenvalue weighted by Crippen LogP contribution is -2.21.